The van der Waals surface area contributed by atoms with Crippen molar-refractivity contribution in [2.24, 2.45) is 5.92 Å². The summed E-state index contributed by atoms with van der Waals surface area (Å²) in [5.41, 5.74) is 0.668. The molecule has 1 aliphatic heterocycles. The highest BCUT2D eigenvalue weighted by molar-refractivity contribution is 7.88. The molecule has 1 atom stereocenters. The van der Waals surface area contributed by atoms with Crippen LogP contribution >= 0.6 is 11.6 Å². The van der Waals surface area contributed by atoms with Gasteiger partial charge in [-0.25, -0.2) is 17.5 Å². The largest absolute Gasteiger partial charge is 0.462 e. The van der Waals surface area contributed by atoms with Crippen molar-refractivity contribution in [3.05, 3.63) is 28.8 Å². The summed E-state index contributed by atoms with van der Waals surface area (Å²) < 4.78 is 29.5. The second-order valence-electron chi connectivity index (χ2n) is 5.86. The van der Waals surface area contributed by atoms with Crippen LogP contribution in [0.2, 0.25) is 5.02 Å². The van der Waals surface area contributed by atoms with Crippen molar-refractivity contribution in [3.8, 4) is 0 Å². The lowest BCUT2D eigenvalue weighted by atomic mass is 9.98. The van der Waals surface area contributed by atoms with Crippen LogP contribution in [0.25, 0.3) is 0 Å². The Balaban J connectivity index is 2.05. The van der Waals surface area contributed by atoms with E-state index in [1.165, 1.54) is 16.4 Å². The first-order valence-electron chi connectivity index (χ1n) is 7.95. The fraction of sp³-hybridized carbons (Fsp3) is 0.500. The number of rotatable bonds is 5. The Kier molecular flexibility index (Phi) is 6.42. The van der Waals surface area contributed by atoms with E-state index in [2.05, 4.69) is 5.32 Å². The molecule has 25 heavy (non-hydrogen) atoms. The molecule has 9 heteroatoms. The molecule has 7 nitrogen and oxygen atoms in total. The topological polar surface area (TPSA) is 92.8 Å². The van der Waals surface area contributed by atoms with Crippen LogP contribution in [0.3, 0.4) is 0 Å². The molecule has 0 aliphatic carbocycles. The number of piperidine rings is 1. The molecule has 1 heterocycles. The summed E-state index contributed by atoms with van der Waals surface area (Å²) in [6, 6.07) is 4.52. The first kappa shape index (κ1) is 19.7. The summed E-state index contributed by atoms with van der Waals surface area (Å²) in [6.45, 7) is 2.54. The zero-order chi connectivity index (χ0) is 18.6. The summed E-state index contributed by atoms with van der Waals surface area (Å²) in [5, 5.41) is 2.90. The van der Waals surface area contributed by atoms with Gasteiger partial charge >= 0.3 is 5.97 Å². The molecule has 0 spiro atoms. The van der Waals surface area contributed by atoms with Crippen molar-refractivity contribution in [3.63, 3.8) is 0 Å². The smallest absolute Gasteiger partial charge is 0.339 e. The number of anilines is 1. The second-order valence-corrected chi connectivity index (χ2v) is 8.25. The maximum Gasteiger partial charge on any atom is 0.339 e. The monoisotopic (exact) mass is 388 g/mol. The average Bonchev–Trinajstić information content (AvgIpc) is 2.54. The van der Waals surface area contributed by atoms with Crippen molar-refractivity contribution >= 4 is 39.2 Å². The van der Waals surface area contributed by atoms with Gasteiger partial charge in [-0.05, 0) is 38.0 Å². The van der Waals surface area contributed by atoms with E-state index in [0.29, 0.717) is 25.1 Å². The highest BCUT2D eigenvalue weighted by atomic mass is 35.5. The fourth-order valence-corrected chi connectivity index (χ4v) is 3.84. The van der Waals surface area contributed by atoms with E-state index in [-0.39, 0.29) is 29.6 Å². The lowest BCUT2D eigenvalue weighted by molar-refractivity contribution is -0.120. The van der Waals surface area contributed by atoms with Crippen molar-refractivity contribution in [1.29, 1.82) is 0 Å². The van der Waals surface area contributed by atoms with E-state index in [4.69, 9.17) is 16.3 Å². The van der Waals surface area contributed by atoms with Crippen LogP contribution in [0.1, 0.15) is 30.1 Å². The predicted octanol–water partition coefficient (Wildman–Crippen LogP) is 2.13. The van der Waals surface area contributed by atoms with E-state index in [1.807, 2.05) is 0 Å². The van der Waals surface area contributed by atoms with Crippen LogP contribution in [0.5, 0.6) is 0 Å². The van der Waals surface area contributed by atoms with Crippen molar-refractivity contribution in [2.45, 2.75) is 19.8 Å². The van der Waals surface area contributed by atoms with Gasteiger partial charge in [-0.15, -0.1) is 0 Å². The van der Waals surface area contributed by atoms with Gasteiger partial charge < -0.3 is 10.1 Å². The van der Waals surface area contributed by atoms with Crippen LogP contribution < -0.4 is 5.32 Å². The van der Waals surface area contributed by atoms with Crippen LogP contribution in [0, 0.1) is 5.92 Å². The number of nitrogens with zero attached hydrogens (tertiary/aromatic N) is 1. The molecule has 1 aromatic carbocycles. The molecule has 138 valence electrons. The summed E-state index contributed by atoms with van der Waals surface area (Å²) in [6.07, 6.45) is 2.39. The minimum Gasteiger partial charge on any atom is -0.462 e. The Hall–Kier alpha value is -1.64. The average molecular weight is 389 g/mol. The maximum atomic E-state index is 12.4. The van der Waals surface area contributed by atoms with E-state index in [0.717, 1.165) is 6.26 Å². The first-order chi connectivity index (χ1) is 11.7. The van der Waals surface area contributed by atoms with Gasteiger partial charge in [0.05, 0.1) is 29.4 Å². The Morgan fingerprint density at radius 2 is 2.12 bits per heavy atom. The van der Waals surface area contributed by atoms with Crippen LogP contribution in [-0.4, -0.2) is 50.6 Å². The van der Waals surface area contributed by atoms with Crippen LogP contribution in [0.4, 0.5) is 5.69 Å². The highest BCUT2D eigenvalue weighted by Crippen LogP contribution is 2.24. The quantitative estimate of drug-likeness (QED) is 0.780. The third-order valence-corrected chi connectivity index (χ3v) is 5.54. The van der Waals surface area contributed by atoms with Gasteiger partial charge in [0.1, 0.15) is 0 Å². The molecule has 0 bridgehead atoms. The second kappa shape index (κ2) is 8.16. The zero-order valence-corrected chi connectivity index (χ0v) is 15.7. The maximum absolute atomic E-state index is 12.4. The predicted molar refractivity (Wildman–Crippen MR) is 95.2 cm³/mol. The Bertz CT molecular complexity index is 766. The lowest BCUT2D eigenvalue weighted by Crippen LogP contribution is -2.43. The SMILES string of the molecule is CCOC(=O)c1ccc(NC(=O)[C@H]2CCCN(S(C)(=O)=O)C2)cc1Cl. The van der Waals surface area contributed by atoms with Crippen molar-refractivity contribution in [2.75, 3.05) is 31.3 Å². The number of halogens is 1. The summed E-state index contributed by atoms with van der Waals surface area (Å²) in [7, 11) is -3.31. The molecule has 1 N–H and O–H groups in total. The van der Waals surface area contributed by atoms with Crippen molar-refractivity contribution < 1.29 is 22.7 Å². The summed E-state index contributed by atoms with van der Waals surface area (Å²) in [4.78, 5) is 24.1. The lowest BCUT2D eigenvalue weighted by Gasteiger charge is -2.30. The fourth-order valence-electron chi connectivity index (χ4n) is 2.67. The third-order valence-electron chi connectivity index (χ3n) is 3.96. The molecule has 1 fully saturated rings. The Labute approximate surface area is 152 Å². The molecule has 1 amide bonds. The minimum atomic E-state index is -3.31. The number of ether oxygens (including phenoxy) is 1. The van der Waals surface area contributed by atoms with Crippen molar-refractivity contribution in [1.82, 2.24) is 4.31 Å². The first-order valence-corrected chi connectivity index (χ1v) is 10.2. The van der Waals surface area contributed by atoms with Gasteiger partial charge in [0, 0.05) is 18.8 Å². The van der Waals surface area contributed by atoms with Gasteiger partial charge in [0.15, 0.2) is 0 Å². The molecule has 2 rings (SSSR count). The number of carbonyl (C=O) groups excluding carboxylic acids is 2. The number of hydrogen-bond donors (Lipinski definition) is 1. The molecule has 0 aromatic heterocycles. The molecule has 0 unspecified atom stereocenters. The van der Waals surface area contributed by atoms with Gasteiger partial charge in [-0.2, -0.15) is 0 Å². The number of esters is 1. The normalized spacial score (nSPS) is 18.6. The summed E-state index contributed by atoms with van der Waals surface area (Å²) >= 11 is 6.07. The molecule has 1 saturated heterocycles. The highest BCUT2D eigenvalue weighted by Gasteiger charge is 2.30. The number of nitrogens with one attached hydrogen (secondary N) is 1. The van der Waals surface area contributed by atoms with Gasteiger partial charge in [-0.1, -0.05) is 11.6 Å². The third kappa shape index (κ3) is 5.17. The number of carbonyl (C=O) groups is 2. The molecular formula is C16H21ClN2O5S. The number of sulfonamides is 1. The van der Waals surface area contributed by atoms with Gasteiger partial charge in [0.2, 0.25) is 15.9 Å². The minimum absolute atomic E-state index is 0.166. The van der Waals surface area contributed by atoms with E-state index < -0.39 is 21.9 Å². The Morgan fingerprint density at radius 1 is 1.40 bits per heavy atom. The van der Waals surface area contributed by atoms with E-state index >= 15 is 0 Å². The number of hydrogen-bond acceptors (Lipinski definition) is 5. The zero-order valence-electron chi connectivity index (χ0n) is 14.1. The Morgan fingerprint density at radius 3 is 2.72 bits per heavy atom. The van der Waals surface area contributed by atoms with Gasteiger partial charge in [-0.3, -0.25) is 4.79 Å². The van der Waals surface area contributed by atoms with Gasteiger partial charge in [0.25, 0.3) is 0 Å². The molecular weight excluding hydrogens is 368 g/mol. The van der Waals surface area contributed by atoms with Crippen LogP contribution in [0.15, 0.2) is 18.2 Å². The van der Waals surface area contributed by atoms with E-state index in [1.54, 1.807) is 13.0 Å². The summed E-state index contributed by atoms with van der Waals surface area (Å²) in [5.74, 6) is -1.22. The molecule has 1 aliphatic rings. The molecule has 0 saturated carbocycles. The molecule has 1 aromatic rings. The standard InChI is InChI=1S/C16H21ClN2O5S/c1-3-24-16(21)13-7-6-12(9-14(13)17)18-15(20)11-5-4-8-19(10-11)25(2,22)23/h6-7,9,11H,3-5,8,10H2,1-2H3,(H,18,20)/t11-/m0/s1. The molecule has 0 radical (unpaired) electrons. The number of amides is 1. The van der Waals surface area contributed by atoms with Crippen LogP contribution in [-0.2, 0) is 19.6 Å². The number of benzene rings is 1. The van der Waals surface area contributed by atoms with E-state index in [9.17, 15) is 18.0 Å².